The van der Waals surface area contributed by atoms with Crippen molar-refractivity contribution in [3.8, 4) is 5.75 Å². The Morgan fingerprint density at radius 2 is 2.08 bits per heavy atom. The number of carbonyl (C=O) groups is 4. The first-order valence-electron chi connectivity index (χ1n) is 7.63. The highest BCUT2D eigenvalue weighted by atomic mass is 32.2. The normalized spacial score (nSPS) is 20.5. The molecule has 25 heavy (non-hydrogen) atoms. The summed E-state index contributed by atoms with van der Waals surface area (Å²) in [5.74, 6) is -1.93. The van der Waals surface area contributed by atoms with E-state index in [2.05, 4.69) is 10.6 Å². The Morgan fingerprint density at radius 3 is 2.68 bits per heavy atom. The predicted octanol–water partition coefficient (Wildman–Crippen LogP) is 1.49. The molecule has 2 aliphatic heterocycles. The van der Waals surface area contributed by atoms with Crippen molar-refractivity contribution in [1.29, 1.82) is 0 Å². The van der Waals surface area contributed by atoms with Crippen LogP contribution < -0.4 is 15.4 Å². The minimum atomic E-state index is -1.07. The van der Waals surface area contributed by atoms with E-state index in [9.17, 15) is 24.3 Å². The molecule has 2 aliphatic rings. The summed E-state index contributed by atoms with van der Waals surface area (Å²) >= 11 is 0.798. The molecule has 3 rings (SSSR count). The number of fused-ring (bicyclic) bond motifs is 1. The van der Waals surface area contributed by atoms with E-state index < -0.39 is 28.3 Å². The van der Waals surface area contributed by atoms with E-state index in [0.29, 0.717) is 23.4 Å². The van der Waals surface area contributed by atoms with Crippen molar-refractivity contribution < 1.29 is 29.0 Å². The Balaban J connectivity index is 2.08. The number of imide groups is 1. The molecule has 0 spiro atoms. The minimum Gasteiger partial charge on any atom is -0.495 e. The van der Waals surface area contributed by atoms with Gasteiger partial charge in [0.25, 0.3) is 5.24 Å². The van der Waals surface area contributed by atoms with E-state index in [1.807, 2.05) is 0 Å². The molecule has 8 nitrogen and oxygen atoms in total. The molecule has 0 radical (unpaired) electrons. The summed E-state index contributed by atoms with van der Waals surface area (Å²) in [5.41, 5.74) is 1.89. The van der Waals surface area contributed by atoms with Crippen LogP contribution in [0, 0.1) is 0 Å². The summed E-state index contributed by atoms with van der Waals surface area (Å²) in [7, 11) is 1.48. The number of ether oxygens (including phenoxy) is 1. The molecule has 0 bridgehead atoms. The number of aliphatic carboxylic acids is 1. The van der Waals surface area contributed by atoms with Gasteiger partial charge in [0.1, 0.15) is 11.0 Å². The molecule has 0 aliphatic carbocycles. The topological polar surface area (TPSA) is 122 Å². The molecule has 132 valence electrons. The maximum Gasteiger partial charge on any atom is 0.304 e. The van der Waals surface area contributed by atoms with Crippen molar-refractivity contribution >= 4 is 40.5 Å². The average molecular weight is 364 g/mol. The molecule has 0 aromatic heterocycles. The van der Waals surface area contributed by atoms with E-state index >= 15 is 0 Å². The Labute approximate surface area is 147 Å². The molecular weight excluding hydrogens is 348 g/mol. The summed E-state index contributed by atoms with van der Waals surface area (Å²) in [6.07, 6.45) is 0.373. The Morgan fingerprint density at radius 1 is 1.32 bits per heavy atom. The first-order chi connectivity index (χ1) is 11.9. The van der Waals surface area contributed by atoms with Gasteiger partial charge in [-0.05, 0) is 23.6 Å². The van der Waals surface area contributed by atoms with Crippen molar-refractivity contribution in [2.24, 2.45) is 0 Å². The van der Waals surface area contributed by atoms with Crippen molar-refractivity contribution in [2.45, 2.75) is 30.4 Å². The minimum absolute atomic E-state index is 0.152. The Bertz CT molecular complexity index is 778. The summed E-state index contributed by atoms with van der Waals surface area (Å²) in [6.45, 7) is 0. The van der Waals surface area contributed by atoms with Gasteiger partial charge < -0.3 is 15.2 Å². The second-order valence-corrected chi connectivity index (χ2v) is 6.89. The van der Waals surface area contributed by atoms with Crippen molar-refractivity contribution in [2.75, 3.05) is 12.4 Å². The van der Waals surface area contributed by atoms with E-state index in [0.717, 1.165) is 17.3 Å². The third kappa shape index (κ3) is 3.32. The fraction of sp³-hybridized carbons (Fsp3) is 0.375. The zero-order valence-corrected chi connectivity index (χ0v) is 14.1. The first-order valence-corrected chi connectivity index (χ1v) is 8.51. The second-order valence-electron chi connectivity index (χ2n) is 5.78. The smallest absolute Gasteiger partial charge is 0.304 e. The van der Waals surface area contributed by atoms with Crippen LogP contribution >= 0.6 is 11.8 Å². The van der Waals surface area contributed by atoms with Gasteiger partial charge in [0.05, 0.1) is 19.2 Å². The number of nitrogens with one attached hydrogen (secondary N) is 2. The monoisotopic (exact) mass is 364 g/mol. The Kier molecular flexibility index (Phi) is 4.67. The average Bonchev–Trinajstić information content (AvgIpc) is 2.89. The molecule has 3 amide bonds. The van der Waals surface area contributed by atoms with Gasteiger partial charge in [-0.15, -0.1) is 0 Å². The number of hydrogen-bond acceptors (Lipinski definition) is 6. The lowest BCUT2D eigenvalue weighted by atomic mass is 9.84. The number of carboxylic acid groups (broad SMARTS) is 1. The number of hydrogen-bond donors (Lipinski definition) is 3. The zero-order chi connectivity index (χ0) is 18.1. The molecule has 2 heterocycles. The van der Waals surface area contributed by atoms with Crippen LogP contribution in [-0.4, -0.2) is 40.5 Å². The van der Waals surface area contributed by atoms with Crippen molar-refractivity contribution in [1.82, 2.24) is 5.32 Å². The molecule has 2 atom stereocenters. The third-order valence-corrected chi connectivity index (χ3v) is 5.39. The van der Waals surface area contributed by atoms with Gasteiger partial charge in [-0.1, -0.05) is 17.8 Å². The number of thioether (sulfide) groups is 1. The first kappa shape index (κ1) is 17.3. The molecule has 2 unspecified atom stereocenters. The van der Waals surface area contributed by atoms with Gasteiger partial charge in [-0.25, -0.2) is 0 Å². The maximum absolute atomic E-state index is 12.1. The van der Waals surface area contributed by atoms with Crippen LogP contribution in [0.2, 0.25) is 0 Å². The summed E-state index contributed by atoms with van der Waals surface area (Å²) < 4.78 is 5.27. The zero-order valence-electron chi connectivity index (χ0n) is 13.3. The number of carbonyl (C=O) groups excluding carboxylic acids is 3. The van der Waals surface area contributed by atoms with E-state index in [1.165, 1.54) is 7.11 Å². The number of carboxylic acids is 1. The molecule has 3 N–H and O–H groups in total. The van der Waals surface area contributed by atoms with Crippen LogP contribution in [0.15, 0.2) is 12.1 Å². The maximum atomic E-state index is 12.1. The second kappa shape index (κ2) is 6.75. The van der Waals surface area contributed by atoms with Crippen molar-refractivity contribution in [3.05, 3.63) is 23.3 Å². The largest absolute Gasteiger partial charge is 0.495 e. The van der Waals surface area contributed by atoms with Crippen LogP contribution in [0.5, 0.6) is 5.75 Å². The van der Waals surface area contributed by atoms with Gasteiger partial charge in [0.15, 0.2) is 0 Å². The fourth-order valence-electron chi connectivity index (χ4n) is 3.21. The fourth-order valence-corrected chi connectivity index (χ4v) is 4.17. The molecular formula is C16H16N2O6S. The van der Waals surface area contributed by atoms with E-state index in [-0.39, 0.29) is 18.7 Å². The van der Waals surface area contributed by atoms with E-state index in [1.54, 1.807) is 12.1 Å². The van der Waals surface area contributed by atoms with Crippen LogP contribution in [0.1, 0.15) is 29.9 Å². The third-order valence-electron chi connectivity index (χ3n) is 4.27. The van der Waals surface area contributed by atoms with Gasteiger partial charge >= 0.3 is 5.97 Å². The lowest BCUT2D eigenvalue weighted by molar-refractivity contribution is -0.137. The summed E-state index contributed by atoms with van der Waals surface area (Å²) in [6, 6.07) is 3.34. The van der Waals surface area contributed by atoms with Gasteiger partial charge in [-0.2, -0.15) is 0 Å². The van der Waals surface area contributed by atoms with Gasteiger partial charge in [0, 0.05) is 12.3 Å². The van der Waals surface area contributed by atoms with Crippen LogP contribution in [-0.2, 0) is 20.8 Å². The lowest BCUT2D eigenvalue weighted by Gasteiger charge is -2.27. The van der Waals surface area contributed by atoms with Crippen LogP contribution in [0.3, 0.4) is 0 Å². The van der Waals surface area contributed by atoms with Crippen LogP contribution in [0.4, 0.5) is 10.5 Å². The molecule has 0 saturated carbocycles. The summed E-state index contributed by atoms with van der Waals surface area (Å²) in [4.78, 5) is 46.7. The molecule has 1 aromatic carbocycles. The predicted molar refractivity (Wildman–Crippen MR) is 89.9 cm³/mol. The van der Waals surface area contributed by atoms with Gasteiger partial charge in [-0.3, -0.25) is 24.5 Å². The number of rotatable bonds is 5. The highest BCUT2D eigenvalue weighted by Crippen LogP contribution is 2.43. The number of benzene rings is 1. The van der Waals surface area contributed by atoms with Crippen LogP contribution in [0.25, 0.3) is 0 Å². The van der Waals surface area contributed by atoms with Crippen molar-refractivity contribution in [3.63, 3.8) is 0 Å². The molecule has 1 fully saturated rings. The SMILES string of the molecule is COc1ccc(C(CC(=O)O)C2SC(=O)NC2=O)c2c1NC(=O)CC2. The molecule has 1 aromatic rings. The number of anilines is 1. The highest BCUT2D eigenvalue weighted by Gasteiger charge is 2.41. The number of amides is 3. The quantitative estimate of drug-likeness (QED) is 0.723. The molecule has 1 saturated heterocycles. The highest BCUT2D eigenvalue weighted by molar-refractivity contribution is 8.15. The summed E-state index contributed by atoms with van der Waals surface area (Å²) in [5, 5.41) is 12.9. The standard InChI is InChI=1S/C16H16N2O6S/c1-24-10-4-2-7(8-3-5-11(19)17-13(8)10)9(6-12(20)21)14-15(22)18-16(23)25-14/h2,4,9,14H,3,5-6H2,1H3,(H,17,19)(H,20,21)(H,18,22,23). The number of methoxy groups -OCH3 is 1. The lowest BCUT2D eigenvalue weighted by Crippen LogP contribution is -2.31. The molecule has 9 heteroatoms. The Hall–Kier alpha value is -2.55. The van der Waals surface area contributed by atoms with Gasteiger partial charge in [0.2, 0.25) is 11.8 Å². The van der Waals surface area contributed by atoms with E-state index in [4.69, 9.17) is 4.74 Å².